The zero-order chi connectivity index (χ0) is 16.4. The Bertz CT molecular complexity index is 558. The molecule has 0 fully saturated rings. The molecule has 0 unspecified atom stereocenters. The molecule has 0 spiro atoms. The highest BCUT2D eigenvalue weighted by molar-refractivity contribution is 5.47. The van der Waals surface area contributed by atoms with Gasteiger partial charge in [-0.15, -0.1) is 5.10 Å². The molecule has 2 N–H and O–H groups in total. The lowest BCUT2D eigenvalue weighted by atomic mass is 10.3. The third-order valence-electron chi connectivity index (χ3n) is 2.69. The second-order valence-corrected chi connectivity index (χ2v) is 4.65. The fourth-order valence-corrected chi connectivity index (χ4v) is 1.76. The maximum atomic E-state index is 8.36. The number of hydrogen-bond acceptors (Lipinski definition) is 7. The molecule has 22 heavy (non-hydrogen) atoms. The molecule has 0 bridgehead atoms. The molecule has 0 aromatic carbocycles. The van der Waals surface area contributed by atoms with Crippen molar-refractivity contribution in [3.63, 3.8) is 0 Å². The molecule has 0 saturated heterocycles. The van der Waals surface area contributed by atoms with Crippen molar-refractivity contribution in [2.24, 2.45) is 0 Å². The zero-order valence-electron chi connectivity index (χ0n) is 13.0. The Labute approximate surface area is 129 Å². The van der Waals surface area contributed by atoms with Gasteiger partial charge in [-0.05, 0) is 13.3 Å². The van der Waals surface area contributed by atoms with Gasteiger partial charge in [0.15, 0.2) is 0 Å². The molecular formula is C13H21N7O2. The molecule has 0 saturated carbocycles. The van der Waals surface area contributed by atoms with E-state index in [2.05, 4.69) is 25.6 Å². The van der Waals surface area contributed by atoms with Crippen LogP contribution in [-0.2, 0) is 11.3 Å². The third-order valence-corrected chi connectivity index (χ3v) is 2.69. The number of nitrogens with one attached hydrogen (secondary N) is 1. The molecule has 0 radical (unpaired) electrons. The first-order chi connectivity index (χ1) is 10.6. The SMILES string of the molecule is Cc1cnc(NCCCn2ccnn2)nc1N(C)C.O=CO. The molecule has 0 amide bonds. The summed E-state index contributed by atoms with van der Waals surface area (Å²) in [5.74, 6) is 1.60. The molecule has 2 rings (SSSR count). The van der Waals surface area contributed by atoms with Gasteiger partial charge < -0.3 is 15.3 Å². The van der Waals surface area contributed by atoms with Gasteiger partial charge in [0.05, 0.1) is 6.20 Å². The van der Waals surface area contributed by atoms with Crippen molar-refractivity contribution in [3.05, 3.63) is 24.2 Å². The minimum atomic E-state index is -0.250. The van der Waals surface area contributed by atoms with Gasteiger partial charge >= 0.3 is 0 Å². The standard InChI is InChI=1S/C12H19N7.CH2O2/c1-10-9-14-12(16-11(10)18(2)3)13-5-4-7-19-8-6-15-17-19;2-1-3/h6,8-9H,4-5,7H2,1-3H3,(H,13,14,16);1H,(H,2,3). The van der Waals surface area contributed by atoms with Crippen LogP contribution in [0.5, 0.6) is 0 Å². The second kappa shape index (κ2) is 9.27. The summed E-state index contributed by atoms with van der Waals surface area (Å²) in [6, 6.07) is 0. The lowest BCUT2D eigenvalue weighted by Crippen LogP contribution is -2.15. The van der Waals surface area contributed by atoms with Crippen molar-refractivity contribution < 1.29 is 9.90 Å². The van der Waals surface area contributed by atoms with Crippen LogP contribution in [-0.4, -0.2) is 57.2 Å². The maximum absolute atomic E-state index is 8.36. The largest absolute Gasteiger partial charge is 0.483 e. The number of carboxylic acid groups (broad SMARTS) is 1. The summed E-state index contributed by atoms with van der Waals surface area (Å²) in [5.41, 5.74) is 1.07. The molecule has 2 aromatic heterocycles. The third kappa shape index (κ3) is 5.73. The summed E-state index contributed by atoms with van der Waals surface area (Å²) >= 11 is 0. The quantitative estimate of drug-likeness (QED) is 0.591. The number of nitrogens with zero attached hydrogens (tertiary/aromatic N) is 6. The summed E-state index contributed by atoms with van der Waals surface area (Å²) in [4.78, 5) is 19.1. The number of carbonyl (C=O) groups is 1. The number of hydrogen-bond donors (Lipinski definition) is 2. The Morgan fingerprint density at radius 1 is 1.45 bits per heavy atom. The first-order valence-corrected chi connectivity index (χ1v) is 6.75. The smallest absolute Gasteiger partial charge is 0.290 e. The van der Waals surface area contributed by atoms with Crippen LogP contribution < -0.4 is 10.2 Å². The Balaban J connectivity index is 0.000000745. The van der Waals surface area contributed by atoms with E-state index in [0.29, 0.717) is 5.95 Å². The van der Waals surface area contributed by atoms with E-state index >= 15 is 0 Å². The topological polar surface area (TPSA) is 109 Å². The van der Waals surface area contributed by atoms with Crippen LogP contribution in [0.2, 0.25) is 0 Å². The molecule has 0 atom stereocenters. The number of aryl methyl sites for hydroxylation is 2. The van der Waals surface area contributed by atoms with Gasteiger partial charge in [0.25, 0.3) is 6.47 Å². The molecule has 2 aromatic rings. The Morgan fingerprint density at radius 2 is 2.18 bits per heavy atom. The molecule has 0 aliphatic heterocycles. The normalized spacial score (nSPS) is 9.59. The van der Waals surface area contributed by atoms with Gasteiger partial charge in [-0.2, -0.15) is 4.98 Å². The van der Waals surface area contributed by atoms with Crippen molar-refractivity contribution in [3.8, 4) is 0 Å². The van der Waals surface area contributed by atoms with Crippen molar-refractivity contribution in [1.82, 2.24) is 25.0 Å². The fraction of sp³-hybridized carbons (Fsp3) is 0.462. The van der Waals surface area contributed by atoms with Crippen molar-refractivity contribution in [2.45, 2.75) is 19.9 Å². The van der Waals surface area contributed by atoms with E-state index in [1.807, 2.05) is 43.0 Å². The summed E-state index contributed by atoms with van der Waals surface area (Å²) in [6.45, 7) is 3.39. The lowest BCUT2D eigenvalue weighted by Gasteiger charge is -2.15. The highest BCUT2D eigenvalue weighted by atomic mass is 16.3. The predicted octanol–water partition coefficient (Wildman–Crippen LogP) is 0.646. The van der Waals surface area contributed by atoms with Gasteiger partial charge in [0.1, 0.15) is 5.82 Å². The second-order valence-electron chi connectivity index (χ2n) is 4.65. The molecule has 9 heteroatoms. The molecular weight excluding hydrogens is 286 g/mol. The van der Waals surface area contributed by atoms with E-state index in [1.54, 1.807) is 6.20 Å². The van der Waals surface area contributed by atoms with E-state index in [1.165, 1.54) is 0 Å². The Kier molecular flexibility index (Phi) is 7.31. The molecule has 0 aliphatic rings. The predicted molar refractivity (Wildman–Crippen MR) is 82.9 cm³/mol. The highest BCUT2D eigenvalue weighted by Crippen LogP contribution is 2.14. The van der Waals surface area contributed by atoms with Gasteiger partial charge in [0, 0.05) is 45.1 Å². The number of rotatable bonds is 6. The molecule has 9 nitrogen and oxygen atoms in total. The molecule has 120 valence electrons. The summed E-state index contributed by atoms with van der Waals surface area (Å²) in [7, 11) is 3.95. The van der Waals surface area contributed by atoms with E-state index < -0.39 is 0 Å². The van der Waals surface area contributed by atoms with Crippen LogP contribution in [0.15, 0.2) is 18.6 Å². The minimum Gasteiger partial charge on any atom is -0.483 e. The van der Waals surface area contributed by atoms with Crippen molar-refractivity contribution >= 4 is 18.2 Å². The first-order valence-electron chi connectivity index (χ1n) is 6.75. The van der Waals surface area contributed by atoms with Crippen LogP contribution in [0, 0.1) is 6.92 Å². The van der Waals surface area contributed by atoms with E-state index in [9.17, 15) is 0 Å². The average Bonchev–Trinajstić information content (AvgIpc) is 2.99. The molecule has 2 heterocycles. The summed E-state index contributed by atoms with van der Waals surface area (Å²) in [6.07, 6.45) is 6.31. The van der Waals surface area contributed by atoms with E-state index in [0.717, 1.165) is 30.9 Å². The number of aromatic nitrogens is 5. The summed E-state index contributed by atoms with van der Waals surface area (Å²) in [5, 5.41) is 17.8. The van der Waals surface area contributed by atoms with Crippen molar-refractivity contribution in [2.75, 3.05) is 30.9 Å². The van der Waals surface area contributed by atoms with E-state index in [4.69, 9.17) is 9.90 Å². The van der Waals surface area contributed by atoms with E-state index in [-0.39, 0.29) is 6.47 Å². The Morgan fingerprint density at radius 3 is 2.77 bits per heavy atom. The van der Waals surface area contributed by atoms with Crippen LogP contribution in [0.1, 0.15) is 12.0 Å². The van der Waals surface area contributed by atoms with Crippen molar-refractivity contribution in [1.29, 1.82) is 0 Å². The number of anilines is 2. The van der Waals surface area contributed by atoms with Crippen LogP contribution in [0.3, 0.4) is 0 Å². The Hall–Kier alpha value is -2.71. The maximum Gasteiger partial charge on any atom is 0.290 e. The minimum absolute atomic E-state index is 0.250. The lowest BCUT2D eigenvalue weighted by molar-refractivity contribution is -0.122. The highest BCUT2D eigenvalue weighted by Gasteiger charge is 2.05. The molecule has 0 aliphatic carbocycles. The average molecular weight is 307 g/mol. The van der Waals surface area contributed by atoms with Gasteiger partial charge in [-0.1, -0.05) is 5.21 Å². The van der Waals surface area contributed by atoms with Crippen LogP contribution >= 0.6 is 0 Å². The first kappa shape index (κ1) is 17.3. The monoisotopic (exact) mass is 307 g/mol. The van der Waals surface area contributed by atoms with Gasteiger partial charge in [-0.25, -0.2) is 4.98 Å². The van der Waals surface area contributed by atoms with Gasteiger partial charge in [0.2, 0.25) is 5.95 Å². The fourth-order valence-electron chi connectivity index (χ4n) is 1.76. The summed E-state index contributed by atoms with van der Waals surface area (Å²) < 4.78 is 1.81. The van der Waals surface area contributed by atoms with Crippen LogP contribution in [0.4, 0.5) is 11.8 Å². The van der Waals surface area contributed by atoms with Crippen LogP contribution in [0.25, 0.3) is 0 Å². The zero-order valence-corrected chi connectivity index (χ0v) is 13.0. The van der Waals surface area contributed by atoms with Gasteiger partial charge in [-0.3, -0.25) is 9.48 Å².